The van der Waals surface area contributed by atoms with E-state index >= 15 is 0 Å². The van der Waals surface area contributed by atoms with Gasteiger partial charge < -0.3 is 11.1 Å². The van der Waals surface area contributed by atoms with Crippen LogP contribution in [0.15, 0.2) is 39.2 Å². The molecule has 7 heteroatoms. The molecule has 0 fully saturated rings. The summed E-state index contributed by atoms with van der Waals surface area (Å²) in [4.78, 5) is 24.3. The lowest BCUT2D eigenvalue weighted by molar-refractivity contribution is -0.121. The van der Waals surface area contributed by atoms with Crippen LogP contribution in [0.2, 0.25) is 0 Å². The standard InChI is InChI=1S/C12H12N6O/c13-7-3-1-6(2-4-7)8-5-15-10-9(16-8)11(19)18-12(14)17-10/h1-5,9,12H,13-14H2,(H,18,19)/t9-,12+/m0/s1. The molecule has 2 heterocycles. The predicted octanol–water partition coefficient (Wildman–Crippen LogP) is -0.718. The molecule has 0 aromatic heterocycles. The van der Waals surface area contributed by atoms with E-state index < -0.39 is 12.3 Å². The van der Waals surface area contributed by atoms with E-state index in [4.69, 9.17) is 11.5 Å². The van der Waals surface area contributed by atoms with Gasteiger partial charge in [-0.25, -0.2) is 9.98 Å². The van der Waals surface area contributed by atoms with Crippen molar-refractivity contribution in [3.63, 3.8) is 0 Å². The van der Waals surface area contributed by atoms with Gasteiger partial charge in [-0.05, 0) is 12.1 Å². The van der Waals surface area contributed by atoms with Crippen LogP contribution >= 0.6 is 0 Å². The van der Waals surface area contributed by atoms with E-state index in [-0.39, 0.29) is 5.91 Å². The molecule has 1 aromatic carbocycles. The van der Waals surface area contributed by atoms with Gasteiger partial charge in [0.25, 0.3) is 5.91 Å². The van der Waals surface area contributed by atoms with Crippen molar-refractivity contribution >= 4 is 29.4 Å². The summed E-state index contributed by atoms with van der Waals surface area (Å²) in [5.74, 6) is 0.0535. The molecule has 0 bridgehead atoms. The van der Waals surface area contributed by atoms with E-state index in [1.165, 1.54) is 0 Å². The van der Waals surface area contributed by atoms with Crippen molar-refractivity contribution in [2.45, 2.75) is 12.3 Å². The van der Waals surface area contributed by atoms with E-state index in [0.717, 1.165) is 5.56 Å². The molecule has 96 valence electrons. The Morgan fingerprint density at radius 3 is 2.63 bits per heavy atom. The Morgan fingerprint density at radius 2 is 1.89 bits per heavy atom. The number of amides is 1. The summed E-state index contributed by atoms with van der Waals surface area (Å²) in [6, 6.07) is 6.47. The summed E-state index contributed by atoms with van der Waals surface area (Å²) in [5, 5.41) is 2.51. The van der Waals surface area contributed by atoms with Gasteiger partial charge in [0.15, 0.2) is 18.2 Å². The zero-order valence-electron chi connectivity index (χ0n) is 9.95. The second-order valence-electron chi connectivity index (χ2n) is 4.24. The van der Waals surface area contributed by atoms with Crippen LogP contribution < -0.4 is 16.8 Å². The maximum absolute atomic E-state index is 11.8. The monoisotopic (exact) mass is 256 g/mol. The van der Waals surface area contributed by atoms with Crippen molar-refractivity contribution in [2.75, 3.05) is 5.73 Å². The molecule has 0 aliphatic carbocycles. The number of fused-ring (bicyclic) bond motifs is 1. The number of nitrogen functional groups attached to an aromatic ring is 1. The Balaban J connectivity index is 1.96. The van der Waals surface area contributed by atoms with E-state index in [1.807, 2.05) is 12.1 Å². The quantitative estimate of drug-likeness (QED) is 0.575. The molecular formula is C12H12N6O. The maximum Gasteiger partial charge on any atom is 0.255 e. The molecule has 0 unspecified atom stereocenters. The average molecular weight is 256 g/mol. The molecular weight excluding hydrogens is 244 g/mol. The second-order valence-corrected chi connectivity index (χ2v) is 4.24. The lowest BCUT2D eigenvalue weighted by Gasteiger charge is -2.24. The molecule has 1 amide bonds. The first-order valence-corrected chi connectivity index (χ1v) is 5.75. The number of benzene rings is 1. The lowest BCUT2D eigenvalue weighted by atomic mass is 10.1. The van der Waals surface area contributed by atoms with Gasteiger partial charge in [0.05, 0.1) is 11.9 Å². The van der Waals surface area contributed by atoms with Gasteiger partial charge >= 0.3 is 0 Å². The van der Waals surface area contributed by atoms with Crippen LogP contribution in [0.3, 0.4) is 0 Å². The molecule has 2 aliphatic heterocycles. The third-order valence-electron chi connectivity index (χ3n) is 2.85. The first-order chi connectivity index (χ1) is 9.13. The van der Waals surface area contributed by atoms with Crippen LogP contribution in [0.4, 0.5) is 5.69 Å². The van der Waals surface area contributed by atoms with Crippen LogP contribution in [-0.2, 0) is 4.79 Å². The van der Waals surface area contributed by atoms with Gasteiger partial charge in [-0.15, -0.1) is 0 Å². The zero-order valence-corrected chi connectivity index (χ0v) is 9.95. The maximum atomic E-state index is 11.8. The minimum atomic E-state index is -0.746. The summed E-state index contributed by atoms with van der Waals surface area (Å²) in [7, 11) is 0. The van der Waals surface area contributed by atoms with E-state index in [1.54, 1.807) is 18.3 Å². The number of aliphatic imine (C=N–C) groups is 3. The van der Waals surface area contributed by atoms with Gasteiger partial charge in [-0.3, -0.25) is 15.5 Å². The second kappa shape index (κ2) is 4.29. The Bertz CT molecular complexity index is 616. The van der Waals surface area contributed by atoms with Gasteiger partial charge in [0, 0.05) is 11.3 Å². The molecule has 7 nitrogen and oxygen atoms in total. The van der Waals surface area contributed by atoms with Gasteiger partial charge in [-0.1, -0.05) is 12.1 Å². The highest BCUT2D eigenvalue weighted by Gasteiger charge is 2.32. The molecule has 0 spiro atoms. The summed E-state index contributed by atoms with van der Waals surface area (Å²) in [6.07, 6.45) is 0.829. The number of nitrogens with two attached hydrogens (primary N) is 2. The first kappa shape index (κ1) is 11.5. The number of carbonyl (C=O) groups excluding carboxylic acids is 1. The fourth-order valence-corrected chi connectivity index (χ4v) is 1.91. The lowest BCUT2D eigenvalue weighted by Crippen LogP contribution is -2.53. The van der Waals surface area contributed by atoms with Crippen molar-refractivity contribution in [3.05, 3.63) is 29.8 Å². The number of hydrogen-bond donors (Lipinski definition) is 3. The number of rotatable bonds is 1. The van der Waals surface area contributed by atoms with Crippen molar-refractivity contribution in [3.8, 4) is 0 Å². The molecule has 0 saturated carbocycles. The molecule has 3 rings (SSSR count). The summed E-state index contributed by atoms with van der Waals surface area (Å²) in [5.41, 5.74) is 13.3. The molecule has 19 heavy (non-hydrogen) atoms. The SMILES string of the molecule is Nc1ccc(C2=N[C@@H]3C(=O)N[C@H](N)N=C3N=C2)cc1. The van der Waals surface area contributed by atoms with Gasteiger partial charge in [0.1, 0.15) is 0 Å². The Kier molecular flexibility index (Phi) is 2.60. The number of hydrogen-bond acceptors (Lipinski definition) is 6. The topological polar surface area (TPSA) is 118 Å². The summed E-state index contributed by atoms with van der Waals surface area (Å²) >= 11 is 0. The number of nitrogens with zero attached hydrogens (tertiary/aromatic N) is 3. The Morgan fingerprint density at radius 1 is 1.16 bits per heavy atom. The third kappa shape index (κ3) is 2.11. The van der Waals surface area contributed by atoms with Crippen LogP contribution in [0.1, 0.15) is 5.56 Å². The van der Waals surface area contributed by atoms with E-state index in [0.29, 0.717) is 17.2 Å². The van der Waals surface area contributed by atoms with Crippen molar-refractivity contribution < 1.29 is 4.79 Å². The van der Waals surface area contributed by atoms with E-state index in [9.17, 15) is 4.79 Å². The molecule has 0 radical (unpaired) electrons. The van der Waals surface area contributed by atoms with Crippen molar-refractivity contribution in [2.24, 2.45) is 20.7 Å². The van der Waals surface area contributed by atoms with Crippen molar-refractivity contribution in [1.82, 2.24) is 5.32 Å². The molecule has 5 N–H and O–H groups in total. The summed E-state index contributed by atoms with van der Waals surface area (Å²) < 4.78 is 0. The van der Waals surface area contributed by atoms with Crippen LogP contribution in [0.25, 0.3) is 0 Å². The Hall–Kier alpha value is -2.54. The highest BCUT2D eigenvalue weighted by atomic mass is 16.2. The van der Waals surface area contributed by atoms with Crippen LogP contribution in [0, 0.1) is 0 Å². The minimum absolute atomic E-state index is 0.290. The highest BCUT2D eigenvalue weighted by molar-refractivity contribution is 6.42. The fourth-order valence-electron chi connectivity index (χ4n) is 1.91. The van der Waals surface area contributed by atoms with Gasteiger partial charge in [0.2, 0.25) is 0 Å². The molecule has 2 atom stereocenters. The molecule has 2 aliphatic rings. The fraction of sp³-hybridized carbons (Fsp3) is 0.167. The van der Waals surface area contributed by atoms with E-state index in [2.05, 4.69) is 20.3 Å². The molecule has 1 aromatic rings. The van der Waals surface area contributed by atoms with Crippen molar-refractivity contribution in [1.29, 1.82) is 0 Å². The average Bonchev–Trinajstić information content (AvgIpc) is 2.39. The Labute approximate surface area is 109 Å². The summed E-state index contributed by atoms with van der Waals surface area (Å²) in [6.45, 7) is 0. The molecule has 0 saturated heterocycles. The highest BCUT2D eigenvalue weighted by Crippen LogP contribution is 2.13. The number of nitrogens with one attached hydrogen (secondary N) is 1. The van der Waals surface area contributed by atoms with Crippen LogP contribution in [0.5, 0.6) is 0 Å². The smallest absolute Gasteiger partial charge is 0.255 e. The zero-order chi connectivity index (χ0) is 13.4. The first-order valence-electron chi connectivity index (χ1n) is 5.75. The van der Waals surface area contributed by atoms with Gasteiger partial charge in [-0.2, -0.15) is 0 Å². The third-order valence-corrected chi connectivity index (χ3v) is 2.85. The minimum Gasteiger partial charge on any atom is -0.399 e. The predicted molar refractivity (Wildman–Crippen MR) is 73.2 cm³/mol. The van der Waals surface area contributed by atoms with Crippen LogP contribution in [-0.4, -0.2) is 36.0 Å². The normalized spacial score (nSPS) is 25.2. The number of amidine groups is 1. The number of carbonyl (C=O) groups is 1. The number of anilines is 1. The largest absolute Gasteiger partial charge is 0.399 e.